The van der Waals surface area contributed by atoms with E-state index in [1.807, 2.05) is 18.3 Å². The number of aromatic nitrogens is 3. The molecular formula is C21H22F4N4O3. The van der Waals surface area contributed by atoms with Crippen molar-refractivity contribution in [3.8, 4) is 16.9 Å². The van der Waals surface area contributed by atoms with Crippen LogP contribution in [0.15, 0.2) is 36.5 Å². The van der Waals surface area contributed by atoms with Gasteiger partial charge in [-0.15, -0.1) is 0 Å². The lowest BCUT2D eigenvalue weighted by Crippen LogP contribution is -2.31. The minimum Gasteiger partial charge on any atom is -0.496 e. The molecule has 0 aliphatic carbocycles. The van der Waals surface area contributed by atoms with Crippen molar-refractivity contribution in [3.63, 3.8) is 0 Å². The van der Waals surface area contributed by atoms with Crippen LogP contribution in [0.3, 0.4) is 0 Å². The van der Waals surface area contributed by atoms with Crippen molar-refractivity contribution in [1.82, 2.24) is 19.5 Å². The topological polar surface area (TPSA) is 80.0 Å². The van der Waals surface area contributed by atoms with Gasteiger partial charge in [-0.25, -0.2) is 18.7 Å². The highest BCUT2D eigenvalue weighted by Crippen LogP contribution is 2.31. The van der Waals surface area contributed by atoms with Crippen LogP contribution in [0.1, 0.15) is 24.6 Å². The predicted molar refractivity (Wildman–Crippen MR) is 108 cm³/mol. The summed E-state index contributed by atoms with van der Waals surface area (Å²) in [6.07, 6.45) is -0.913. The number of likely N-dealkylation sites (N-methyl/N-ethyl adjacent to an activating group) is 1. The number of methoxy groups -OCH3 is 1. The number of pyridine rings is 1. The third-order valence-corrected chi connectivity index (χ3v) is 5.05. The molecule has 0 spiro atoms. The van der Waals surface area contributed by atoms with Gasteiger partial charge in [0, 0.05) is 29.8 Å². The predicted octanol–water partition coefficient (Wildman–Crippen LogP) is 3.99. The summed E-state index contributed by atoms with van der Waals surface area (Å²) in [5.74, 6) is -1.16. The van der Waals surface area contributed by atoms with Gasteiger partial charge >= 0.3 is 12.1 Å². The molecule has 3 aromatic rings. The molecule has 11 heteroatoms. The maximum Gasteiger partial charge on any atom is 0.490 e. The average Bonchev–Trinajstić information content (AvgIpc) is 3.17. The lowest BCUT2D eigenvalue weighted by molar-refractivity contribution is -0.192. The summed E-state index contributed by atoms with van der Waals surface area (Å²) in [7, 11) is 3.72. The Morgan fingerprint density at radius 2 is 1.97 bits per heavy atom. The van der Waals surface area contributed by atoms with Crippen molar-refractivity contribution in [2.75, 3.05) is 27.2 Å². The average molecular weight is 454 g/mol. The van der Waals surface area contributed by atoms with E-state index in [9.17, 15) is 17.6 Å². The molecule has 1 saturated heterocycles. The van der Waals surface area contributed by atoms with Crippen molar-refractivity contribution >= 4 is 11.6 Å². The lowest BCUT2D eigenvalue weighted by Gasteiger charge is -2.27. The van der Waals surface area contributed by atoms with Crippen molar-refractivity contribution in [1.29, 1.82) is 0 Å². The fraction of sp³-hybridized carbons (Fsp3) is 0.381. The number of piperidine rings is 1. The number of carboxylic acid groups (broad SMARTS) is 1. The quantitative estimate of drug-likeness (QED) is 0.603. The van der Waals surface area contributed by atoms with Gasteiger partial charge in [0.25, 0.3) is 0 Å². The van der Waals surface area contributed by atoms with Gasteiger partial charge in [0.05, 0.1) is 7.11 Å². The number of alkyl halides is 3. The molecule has 1 aromatic carbocycles. The number of hydrogen-bond acceptors (Lipinski definition) is 5. The minimum absolute atomic E-state index is 0.291. The molecule has 3 heterocycles. The van der Waals surface area contributed by atoms with E-state index in [0.717, 1.165) is 36.5 Å². The number of carbonyl (C=O) groups is 1. The standard InChI is InChI=1S/C19H21FN4O.C2HF3O2/c1-23-9-3-4-14(11-23)19-21-18-8-5-13(12-24(18)22-19)16-10-15(20)6-7-17(16)25-2;3-2(4,5)1(6)7/h5-8,10,12,14H,3-4,9,11H2,1-2H3;(H,6,7). The second-order valence-electron chi connectivity index (χ2n) is 7.44. The molecule has 2 aromatic heterocycles. The number of halogens is 4. The molecule has 1 N–H and O–H groups in total. The summed E-state index contributed by atoms with van der Waals surface area (Å²) in [5.41, 5.74) is 2.36. The maximum absolute atomic E-state index is 13.7. The van der Waals surface area contributed by atoms with Gasteiger partial charge in [-0.3, -0.25) is 0 Å². The molecule has 1 aliphatic rings. The molecule has 7 nitrogen and oxygen atoms in total. The van der Waals surface area contributed by atoms with Crippen molar-refractivity contribution < 1.29 is 32.2 Å². The number of fused-ring (bicyclic) bond motifs is 1. The number of rotatable bonds is 3. The zero-order valence-electron chi connectivity index (χ0n) is 17.4. The normalized spacial score (nSPS) is 17.0. The molecule has 1 fully saturated rings. The maximum atomic E-state index is 13.7. The molecule has 0 bridgehead atoms. The Morgan fingerprint density at radius 3 is 2.59 bits per heavy atom. The van der Waals surface area contributed by atoms with E-state index in [0.29, 0.717) is 17.2 Å². The second-order valence-corrected chi connectivity index (χ2v) is 7.44. The third kappa shape index (κ3) is 5.52. The van der Waals surface area contributed by atoms with Gasteiger partial charge in [0.1, 0.15) is 11.6 Å². The second kappa shape index (κ2) is 9.51. The first-order valence-electron chi connectivity index (χ1n) is 9.77. The summed E-state index contributed by atoms with van der Waals surface area (Å²) in [6, 6.07) is 8.36. The highest BCUT2D eigenvalue weighted by Gasteiger charge is 2.38. The van der Waals surface area contributed by atoms with E-state index in [1.165, 1.54) is 18.6 Å². The molecule has 1 unspecified atom stereocenters. The van der Waals surface area contributed by atoms with Crippen LogP contribution in [0.25, 0.3) is 16.8 Å². The Morgan fingerprint density at radius 1 is 1.25 bits per heavy atom. The van der Waals surface area contributed by atoms with Gasteiger partial charge in [-0.2, -0.15) is 18.3 Å². The van der Waals surface area contributed by atoms with Crippen LogP contribution in [0, 0.1) is 5.82 Å². The Labute approximate surface area is 181 Å². The zero-order chi connectivity index (χ0) is 23.5. The lowest BCUT2D eigenvalue weighted by atomic mass is 9.98. The van der Waals surface area contributed by atoms with Crippen molar-refractivity contribution in [2.24, 2.45) is 0 Å². The fourth-order valence-corrected chi connectivity index (χ4v) is 3.52. The van der Waals surface area contributed by atoms with Gasteiger partial charge in [0.2, 0.25) is 0 Å². The molecule has 4 rings (SSSR count). The molecule has 172 valence electrons. The Kier molecular flexibility index (Phi) is 6.97. The largest absolute Gasteiger partial charge is 0.496 e. The van der Waals surface area contributed by atoms with Crippen molar-refractivity contribution in [2.45, 2.75) is 24.9 Å². The smallest absolute Gasteiger partial charge is 0.490 e. The summed E-state index contributed by atoms with van der Waals surface area (Å²) in [5, 5.41) is 11.8. The van der Waals surface area contributed by atoms with E-state index >= 15 is 0 Å². The molecule has 0 saturated carbocycles. The SMILES string of the molecule is COc1ccc(F)cc1-c1ccc2nc(C3CCCN(C)C3)nn2c1.O=C(O)C(F)(F)F. The first-order chi connectivity index (χ1) is 15.1. The molecule has 0 amide bonds. The number of carboxylic acids is 1. The Balaban J connectivity index is 0.000000360. The molecule has 0 radical (unpaired) electrons. The molecule has 1 atom stereocenters. The van der Waals surface area contributed by atoms with E-state index < -0.39 is 12.1 Å². The Hall–Kier alpha value is -3.21. The summed E-state index contributed by atoms with van der Waals surface area (Å²) < 4.78 is 52.6. The highest BCUT2D eigenvalue weighted by molar-refractivity contribution is 5.73. The van der Waals surface area contributed by atoms with Crippen LogP contribution in [-0.4, -0.2) is 64.0 Å². The number of hydrogen-bond donors (Lipinski definition) is 1. The number of aliphatic carboxylic acids is 1. The van der Waals surface area contributed by atoms with Crippen molar-refractivity contribution in [3.05, 3.63) is 48.2 Å². The number of nitrogens with zero attached hydrogens (tertiary/aromatic N) is 4. The Bertz CT molecular complexity index is 1100. The number of benzene rings is 1. The summed E-state index contributed by atoms with van der Waals surface area (Å²) >= 11 is 0. The van der Waals surface area contributed by atoms with Crippen LogP contribution in [-0.2, 0) is 4.79 Å². The van der Waals surface area contributed by atoms with E-state index in [4.69, 9.17) is 14.6 Å². The van der Waals surface area contributed by atoms with E-state index in [2.05, 4.69) is 22.0 Å². The molecule has 1 aliphatic heterocycles. The number of likely N-dealkylation sites (tertiary alicyclic amines) is 1. The minimum atomic E-state index is -5.08. The monoisotopic (exact) mass is 454 g/mol. The first-order valence-corrected chi connectivity index (χ1v) is 9.77. The zero-order valence-corrected chi connectivity index (χ0v) is 17.4. The first kappa shape index (κ1) is 23.5. The van der Waals surface area contributed by atoms with E-state index in [-0.39, 0.29) is 5.82 Å². The molecular weight excluding hydrogens is 432 g/mol. The van der Waals surface area contributed by atoms with Crippen LogP contribution in [0.2, 0.25) is 0 Å². The highest BCUT2D eigenvalue weighted by atomic mass is 19.4. The van der Waals surface area contributed by atoms with Crippen LogP contribution >= 0.6 is 0 Å². The fourth-order valence-electron chi connectivity index (χ4n) is 3.52. The van der Waals surface area contributed by atoms with E-state index in [1.54, 1.807) is 17.7 Å². The van der Waals surface area contributed by atoms with Crippen LogP contribution in [0.4, 0.5) is 17.6 Å². The third-order valence-electron chi connectivity index (χ3n) is 5.05. The van der Waals surface area contributed by atoms with Gasteiger partial charge in [-0.1, -0.05) is 0 Å². The van der Waals surface area contributed by atoms with Gasteiger partial charge < -0.3 is 14.7 Å². The molecule has 32 heavy (non-hydrogen) atoms. The van der Waals surface area contributed by atoms with Gasteiger partial charge in [0.15, 0.2) is 11.5 Å². The van der Waals surface area contributed by atoms with Crippen LogP contribution < -0.4 is 4.74 Å². The summed E-state index contributed by atoms with van der Waals surface area (Å²) in [4.78, 5) is 15.9. The van der Waals surface area contributed by atoms with Crippen LogP contribution in [0.5, 0.6) is 5.75 Å². The van der Waals surface area contributed by atoms with Gasteiger partial charge in [-0.05, 0) is 56.8 Å². The number of ether oxygens (including phenoxy) is 1. The summed E-state index contributed by atoms with van der Waals surface area (Å²) in [6.45, 7) is 2.12.